The average molecular weight is 297 g/mol. The zero-order valence-corrected chi connectivity index (χ0v) is 11.5. The van der Waals surface area contributed by atoms with Gasteiger partial charge < -0.3 is 19.7 Å². The van der Waals surface area contributed by atoms with Crippen LogP contribution in [0.4, 0.5) is 10.5 Å². The van der Waals surface area contributed by atoms with Crippen LogP contribution in [0.15, 0.2) is 18.2 Å². The number of benzene rings is 1. The molecule has 2 saturated heterocycles. The van der Waals surface area contributed by atoms with Crippen molar-refractivity contribution in [3.05, 3.63) is 23.2 Å². The van der Waals surface area contributed by atoms with Gasteiger partial charge in [-0.3, -0.25) is 0 Å². The first-order valence-electron chi connectivity index (χ1n) is 6.20. The van der Waals surface area contributed by atoms with Crippen LogP contribution in [0, 0.1) is 0 Å². The molecule has 2 bridgehead atoms. The van der Waals surface area contributed by atoms with E-state index < -0.39 is 6.04 Å². The van der Waals surface area contributed by atoms with Gasteiger partial charge >= 0.3 is 12.0 Å². The molecule has 1 aromatic rings. The molecule has 1 N–H and O–H groups in total. The van der Waals surface area contributed by atoms with Gasteiger partial charge in [0.1, 0.15) is 17.9 Å². The summed E-state index contributed by atoms with van der Waals surface area (Å²) in [6.07, 6.45) is 0.387. The molecule has 0 spiro atoms. The number of likely N-dealkylation sites (tertiary alicyclic amines) is 1. The van der Waals surface area contributed by atoms with Gasteiger partial charge in [-0.15, -0.1) is 0 Å². The number of esters is 1. The number of amides is 2. The zero-order valence-electron chi connectivity index (χ0n) is 10.8. The van der Waals surface area contributed by atoms with Crippen molar-refractivity contribution in [2.75, 3.05) is 19.0 Å². The van der Waals surface area contributed by atoms with Gasteiger partial charge in [0.15, 0.2) is 0 Å². The molecular weight excluding hydrogens is 284 g/mol. The summed E-state index contributed by atoms with van der Waals surface area (Å²) >= 11 is 5.91. The van der Waals surface area contributed by atoms with Crippen LogP contribution < -0.4 is 10.1 Å². The molecule has 1 aromatic carbocycles. The third kappa shape index (κ3) is 2.16. The second kappa shape index (κ2) is 4.86. The second-order valence-electron chi connectivity index (χ2n) is 4.74. The third-order valence-corrected chi connectivity index (χ3v) is 3.72. The molecule has 0 unspecified atom stereocenters. The number of hydrogen-bond donors (Lipinski definition) is 1. The Bertz CT molecular complexity index is 577. The van der Waals surface area contributed by atoms with Gasteiger partial charge in [0, 0.05) is 11.4 Å². The van der Waals surface area contributed by atoms with Crippen molar-refractivity contribution >= 4 is 29.3 Å². The van der Waals surface area contributed by atoms with Crippen molar-refractivity contribution < 1.29 is 19.1 Å². The molecule has 0 aliphatic carbocycles. The van der Waals surface area contributed by atoms with Crippen molar-refractivity contribution in [3.63, 3.8) is 0 Å². The van der Waals surface area contributed by atoms with E-state index in [9.17, 15) is 9.59 Å². The number of halogens is 1. The number of rotatable bonds is 2. The highest BCUT2D eigenvalue weighted by molar-refractivity contribution is 6.31. The highest BCUT2D eigenvalue weighted by Gasteiger charge is 2.48. The Balaban J connectivity index is 1.77. The molecule has 2 atom stereocenters. The zero-order chi connectivity index (χ0) is 14.3. The van der Waals surface area contributed by atoms with Crippen LogP contribution in [0.2, 0.25) is 5.02 Å². The van der Waals surface area contributed by atoms with E-state index in [2.05, 4.69) is 5.32 Å². The predicted molar refractivity (Wildman–Crippen MR) is 72.0 cm³/mol. The monoisotopic (exact) mass is 296 g/mol. The molecule has 3 rings (SSSR count). The smallest absolute Gasteiger partial charge is 0.329 e. The number of carbonyl (C=O) groups is 2. The van der Waals surface area contributed by atoms with Crippen molar-refractivity contribution in [3.8, 4) is 5.75 Å². The van der Waals surface area contributed by atoms with E-state index in [1.807, 2.05) is 0 Å². The number of methoxy groups -OCH3 is 1. The van der Waals surface area contributed by atoms with Crippen LogP contribution in [0.1, 0.15) is 6.42 Å². The van der Waals surface area contributed by atoms with E-state index >= 15 is 0 Å². The summed E-state index contributed by atoms with van der Waals surface area (Å²) in [4.78, 5) is 25.2. The Hall–Kier alpha value is -1.95. The lowest BCUT2D eigenvalue weighted by Crippen LogP contribution is -2.46. The minimum absolute atomic E-state index is 0.181. The molecule has 6 nitrogen and oxygen atoms in total. The predicted octanol–water partition coefficient (Wildman–Crippen LogP) is 1.88. The third-order valence-electron chi connectivity index (χ3n) is 3.48. The lowest BCUT2D eigenvalue weighted by Gasteiger charge is -2.26. The van der Waals surface area contributed by atoms with Gasteiger partial charge in [0.2, 0.25) is 0 Å². The SMILES string of the molecule is COc1ccc(Cl)cc1NC(=O)N1C[C@@H]2C[C@@H]1C(=O)O2. The number of fused-ring (bicyclic) bond motifs is 2. The van der Waals surface area contributed by atoms with Crippen LogP contribution in [-0.2, 0) is 9.53 Å². The Morgan fingerprint density at radius 1 is 1.55 bits per heavy atom. The lowest BCUT2D eigenvalue weighted by atomic mass is 10.2. The maximum Gasteiger partial charge on any atom is 0.329 e. The molecule has 2 heterocycles. The van der Waals surface area contributed by atoms with E-state index in [1.165, 1.54) is 12.0 Å². The molecular formula is C13H13ClN2O4. The maximum absolute atomic E-state index is 12.2. The van der Waals surface area contributed by atoms with Gasteiger partial charge in [-0.1, -0.05) is 11.6 Å². The molecule has 0 saturated carbocycles. The van der Waals surface area contributed by atoms with Crippen molar-refractivity contribution in [2.24, 2.45) is 0 Å². The fourth-order valence-corrected chi connectivity index (χ4v) is 2.71. The van der Waals surface area contributed by atoms with E-state index in [4.69, 9.17) is 21.1 Å². The molecule has 0 radical (unpaired) electrons. The van der Waals surface area contributed by atoms with Gasteiger partial charge in [-0.05, 0) is 18.2 Å². The fourth-order valence-electron chi connectivity index (χ4n) is 2.54. The van der Waals surface area contributed by atoms with Crippen LogP contribution in [0.3, 0.4) is 0 Å². The van der Waals surface area contributed by atoms with Gasteiger partial charge in [0.25, 0.3) is 0 Å². The number of nitrogens with zero attached hydrogens (tertiary/aromatic N) is 1. The highest BCUT2D eigenvalue weighted by Crippen LogP contribution is 2.31. The standard InChI is InChI=1S/C13H13ClN2O4/c1-19-11-3-2-7(14)4-9(11)15-13(18)16-6-8-5-10(16)12(17)20-8/h2-4,8,10H,5-6H2,1H3,(H,15,18)/t8-,10+/m0/s1. The Kier molecular flexibility index (Phi) is 3.17. The van der Waals surface area contributed by atoms with E-state index in [1.54, 1.807) is 18.2 Å². The second-order valence-corrected chi connectivity index (χ2v) is 5.17. The summed E-state index contributed by atoms with van der Waals surface area (Å²) in [7, 11) is 1.51. The van der Waals surface area contributed by atoms with Gasteiger partial charge in [0.05, 0.1) is 19.3 Å². The number of morpholine rings is 1. The van der Waals surface area contributed by atoms with Crippen LogP contribution in [0.5, 0.6) is 5.75 Å². The quantitative estimate of drug-likeness (QED) is 0.846. The van der Waals surface area contributed by atoms with E-state index in [0.29, 0.717) is 29.4 Å². The number of urea groups is 1. The van der Waals surface area contributed by atoms with E-state index in [0.717, 1.165) is 0 Å². The van der Waals surface area contributed by atoms with Gasteiger partial charge in [-0.25, -0.2) is 9.59 Å². The molecule has 106 valence electrons. The molecule has 7 heteroatoms. The number of nitrogens with one attached hydrogen (secondary N) is 1. The number of ether oxygens (including phenoxy) is 2. The first-order valence-corrected chi connectivity index (χ1v) is 6.58. The van der Waals surface area contributed by atoms with E-state index in [-0.39, 0.29) is 18.1 Å². The van der Waals surface area contributed by atoms with Crippen molar-refractivity contribution in [1.82, 2.24) is 4.90 Å². The minimum Gasteiger partial charge on any atom is -0.495 e. The summed E-state index contributed by atoms with van der Waals surface area (Å²) in [5.74, 6) is 0.171. The lowest BCUT2D eigenvalue weighted by molar-refractivity contribution is -0.149. The topological polar surface area (TPSA) is 67.9 Å². The molecule has 2 aliphatic rings. The van der Waals surface area contributed by atoms with Crippen molar-refractivity contribution in [1.29, 1.82) is 0 Å². The van der Waals surface area contributed by atoms with Crippen molar-refractivity contribution in [2.45, 2.75) is 18.6 Å². The molecule has 2 amide bonds. The van der Waals surface area contributed by atoms with Crippen LogP contribution in [0.25, 0.3) is 0 Å². The van der Waals surface area contributed by atoms with Crippen LogP contribution >= 0.6 is 11.6 Å². The normalized spacial score (nSPS) is 23.7. The summed E-state index contributed by atoms with van der Waals surface area (Å²) < 4.78 is 10.2. The Labute approximate surface area is 120 Å². The molecule has 20 heavy (non-hydrogen) atoms. The summed E-state index contributed by atoms with van der Waals surface area (Å²) in [6, 6.07) is 4.11. The highest BCUT2D eigenvalue weighted by atomic mass is 35.5. The largest absolute Gasteiger partial charge is 0.495 e. The van der Waals surface area contributed by atoms with Crippen LogP contribution in [-0.4, -0.2) is 42.7 Å². The number of carbonyl (C=O) groups excluding carboxylic acids is 2. The Morgan fingerprint density at radius 2 is 2.35 bits per heavy atom. The molecule has 0 aromatic heterocycles. The molecule has 2 fully saturated rings. The minimum atomic E-state index is -0.481. The Morgan fingerprint density at radius 3 is 3.00 bits per heavy atom. The van der Waals surface area contributed by atoms with Gasteiger partial charge in [-0.2, -0.15) is 0 Å². The summed E-state index contributed by atoms with van der Waals surface area (Å²) in [5, 5.41) is 3.21. The number of hydrogen-bond acceptors (Lipinski definition) is 4. The first-order chi connectivity index (χ1) is 9.58. The summed E-state index contributed by atoms with van der Waals surface area (Å²) in [6.45, 7) is 0.422. The average Bonchev–Trinajstić information content (AvgIpc) is 2.98. The fraction of sp³-hybridized carbons (Fsp3) is 0.385. The summed E-state index contributed by atoms with van der Waals surface area (Å²) in [5.41, 5.74) is 0.473. The molecule has 2 aliphatic heterocycles. The maximum atomic E-state index is 12.2. The first kappa shape index (κ1) is 13.1. The number of anilines is 1.